The van der Waals surface area contributed by atoms with Crippen LogP contribution in [0.15, 0.2) is 36.4 Å². The Bertz CT molecular complexity index is 1060. The normalized spacial score (nSPS) is 11.6. The molecule has 1 unspecified atom stereocenters. The Kier molecular flexibility index (Phi) is 10.6. The number of carbonyl (C=O) groups is 2. The van der Waals surface area contributed by atoms with E-state index in [1.807, 2.05) is 20.8 Å². The second-order valence-corrected chi connectivity index (χ2v) is 9.03. The molecule has 1 atom stereocenters. The maximum atomic E-state index is 13.3. The van der Waals surface area contributed by atoms with Gasteiger partial charge in [-0.25, -0.2) is 0 Å². The maximum Gasteiger partial charge on any atom is 0.311 e. The average Bonchev–Trinajstić information content (AvgIpc) is 2.82. The van der Waals surface area contributed by atoms with Crippen LogP contribution in [-0.2, 0) is 16.1 Å². The third-order valence-electron chi connectivity index (χ3n) is 5.12. The molecule has 0 aliphatic carbocycles. The molecule has 0 aliphatic rings. The van der Waals surface area contributed by atoms with Crippen LogP contribution in [0.25, 0.3) is 0 Å². The molecular formula is C24H29Cl2N3O6. The monoisotopic (exact) mass is 525 g/mol. The highest BCUT2D eigenvalue weighted by molar-refractivity contribution is 6.42. The molecule has 0 aromatic heterocycles. The Hall–Kier alpha value is -3.04. The van der Waals surface area contributed by atoms with E-state index >= 15 is 0 Å². The summed E-state index contributed by atoms with van der Waals surface area (Å²) in [5.74, 6) is -0.248. The van der Waals surface area contributed by atoms with Gasteiger partial charge in [-0.2, -0.15) is 0 Å². The van der Waals surface area contributed by atoms with Crippen molar-refractivity contribution < 1.29 is 24.0 Å². The lowest BCUT2D eigenvalue weighted by atomic mass is 10.1. The standard InChI is InChI=1S/C24H29Cl2N3O6/c1-5-20(24(31)27-12-15(2)3)28(13-16-6-8-18(25)19(26)10-16)23(30)14-35-17-7-9-21(29(32)33)22(11-17)34-4/h6-11,15,20H,5,12-14H2,1-4H3,(H,27,31). The highest BCUT2D eigenvalue weighted by Crippen LogP contribution is 2.31. The molecule has 0 saturated carbocycles. The fraction of sp³-hybridized carbons (Fsp3) is 0.417. The number of hydrogen-bond donors (Lipinski definition) is 1. The van der Waals surface area contributed by atoms with Crippen LogP contribution >= 0.6 is 23.2 Å². The molecule has 0 radical (unpaired) electrons. The number of carbonyl (C=O) groups excluding carboxylic acids is 2. The fourth-order valence-electron chi connectivity index (χ4n) is 3.30. The number of nitrogens with zero attached hydrogens (tertiary/aromatic N) is 2. The lowest BCUT2D eigenvalue weighted by molar-refractivity contribution is -0.385. The van der Waals surface area contributed by atoms with Gasteiger partial charge in [0.2, 0.25) is 11.7 Å². The summed E-state index contributed by atoms with van der Waals surface area (Å²) < 4.78 is 10.6. The van der Waals surface area contributed by atoms with Crippen molar-refractivity contribution in [2.45, 2.75) is 39.8 Å². The van der Waals surface area contributed by atoms with Crippen LogP contribution in [0.4, 0.5) is 5.69 Å². The van der Waals surface area contributed by atoms with E-state index in [2.05, 4.69) is 5.32 Å². The summed E-state index contributed by atoms with van der Waals surface area (Å²) in [6.45, 7) is 5.96. The highest BCUT2D eigenvalue weighted by Gasteiger charge is 2.29. The molecule has 190 valence electrons. The van der Waals surface area contributed by atoms with Crippen molar-refractivity contribution in [3.05, 3.63) is 62.1 Å². The first-order valence-electron chi connectivity index (χ1n) is 11.0. The highest BCUT2D eigenvalue weighted by atomic mass is 35.5. The molecule has 2 aromatic carbocycles. The van der Waals surface area contributed by atoms with Gasteiger partial charge in [-0.3, -0.25) is 19.7 Å². The summed E-state index contributed by atoms with van der Waals surface area (Å²) in [7, 11) is 1.30. The number of nitro groups is 1. The third kappa shape index (κ3) is 8.00. The lowest BCUT2D eigenvalue weighted by Gasteiger charge is -2.31. The summed E-state index contributed by atoms with van der Waals surface area (Å²) in [6, 6.07) is 8.21. The van der Waals surface area contributed by atoms with E-state index in [0.717, 1.165) is 0 Å². The van der Waals surface area contributed by atoms with Crippen LogP contribution < -0.4 is 14.8 Å². The van der Waals surface area contributed by atoms with E-state index < -0.39 is 23.5 Å². The van der Waals surface area contributed by atoms with E-state index in [4.69, 9.17) is 32.7 Å². The smallest absolute Gasteiger partial charge is 0.311 e. The van der Waals surface area contributed by atoms with E-state index in [0.29, 0.717) is 28.6 Å². The van der Waals surface area contributed by atoms with Crippen molar-refractivity contribution in [2.24, 2.45) is 5.92 Å². The van der Waals surface area contributed by atoms with Crippen molar-refractivity contribution >= 4 is 40.7 Å². The molecule has 35 heavy (non-hydrogen) atoms. The van der Waals surface area contributed by atoms with E-state index in [9.17, 15) is 19.7 Å². The molecular weight excluding hydrogens is 497 g/mol. The SMILES string of the molecule is CCC(C(=O)NCC(C)C)N(Cc1ccc(Cl)c(Cl)c1)C(=O)COc1ccc([N+](=O)[O-])c(OC)c1. The number of amides is 2. The van der Waals surface area contributed by atoms with Gasteiger partial charge in [0.1, 0.15) is 11.8 Å². The van der Waals surface area contributed by atoms with Crippen molar-refractivity contribution in [3.8, 4) is 11.5 Å². The zero-order valence-electron chi connectivity index (χ0n) is 20.0. The first-order chi connectivity index (χ1) is 16.6. The van der Waals surface area contributed by atoms with Gasteiger partial charge in [-0.1, -0.05) is 50.0 Å². The lowest BCUT2D eigenvalue weighted by Crippen LogP contribution is -2.50. The summed E-state index contributed by atoms with van der Waals surface area (Å²) in [5, 5.41) is 14.7. The van der Waals surface area contributed by atoms with Gasteiger partial charge >= 0.3 is 5.69 Å². The minimum atomic E-state index is -0.745. The number of nitrogens with one attached hydrogen (secondary N) is 1. The minimum Gasteiger partial charge on any atom is -0.490 e. The molecule has 2 amide bonds. The predicted octanol–water partition coefficient (Wildman–Crippen LogP) is 4.87. The molecule has 0 saturated heterocycles. The summed E-state index contributed by atoms with van der Waals surface area (Å²) in [5.41, 5.74) is 0.472. The summed E-state index contributed by atoms with van der Waals surface area (Å²) in [4.78, 5) is 38.1. The third-order valence-corrected chi connectivity index (χ3v) is 5.86. The molecule has 0 bridgehead atoms. The van der Waals surface area contributed by atoms with Gasteiger partial charge in [-0.05, 0) is 36.1 Å². The fourth-order valence-corrected chi connectivity index (χ4v) is 3.62. The molecule has 0 heterocycles. The molecule has 0 aliphatic heterocycles. The van der Waals surface area contributed by atoms with E-state index in [-0.39, 0.29) is 35.6 Å². The van der Waals surface area contributed by atoms with Crippen LogP contribution in [0.5, 0.6) is 11.5 Å². The minimum absolute atomic E-state index is 0.00658. The largest absolute Gasteiger partial charge is 0.490 e. The van der Waals surface area contributed by atoms with Crippen molar-refractivity contribution in [1.82, 2.24) is 10.2 Å². The van der Waals surface area contributed by atoms with Crippen LogP contribution in [-0.4, -0.2) is 47.9 Å². The Labute approximate surface area is 214 Å². The van der Waals surface area contributed by atoms with Crippen LogP contribution in [0.1, 0.15) is 32.8 Å². The first kappa shape index (κ1) is 28.2. The van der Waals surface area contributed by atoms with E-state index in [1.54, 1.807) is 18.2 Å². The Morgan fingerprint density at radius 3 is 2.43 bits per heavy atom. The van der Waals surface area contributed by atoms with Gasteiger partial charge in [-0.15, -0.1) is 0 Å². The summed E-state index contributed by atoms with van der Waals surface area (Å²) in [6.07, 6.45) is 0.377. The first-order valence-corrected chi connectivity index (χ1v) is 11.8. The van der Waals surface area contributed by atoms with Crippen molar-refractivity contribution in [2.75, 3.05) is 20.3 Å². The number of hydrogen-bond acceptors (Lipinski definition) is 6. The molecule has 1 N–H and O–H groups in total. The van der Waals surface area contributed by atoms with Crippen molar-refractivity contribution in [1.29, 1.82) is 0 Å². The summed E-state index contributed by atoms with van der Waals surface area (Å²) >= 11 is 12.2. The molecule has 2 rings (SSSR count). The molecule has 0 spiro atoms. The van der Waals surface area contributed by atoms with E-state index in [1.165, 1.54) is 30.2 Å². The Morgan fingerprint density at radius 2 is 1.86 bits per heavy atom. The Morgan fingerprint density at radius 1 is 1.14 bits per heavy atom. The number of rotatable bonds is 12. The second-order valence-electron chi connectivity index (χ2n) is 8.21. The Balaban J connectivity index is 2.26. The van der Waals surface area contributed by atoms with Gasteiger partial charge in [0.15, 0.2) is 6.61 Å². The van der Waals surface area contributed by atoms with Crippen LogP contribution in [0.3, 0.4) is 0 Å². The maximum absolute atomic E-state index is 13.3. The zero-order valence-corrected chi connectivity index (χ0v) is 21.6. The number of halogens is 2. The van der Waals surface area contributed by atoms with Gasteiger partial charge < -0.3 is 19.7 Å². The quantitative estimate of drug-likeness (QED) is 0.312. The molecule has 0 fully saturated rings. The average molecular weight is 526 g/mol. The number of methoxy groups -OCH3 is 1. The number of ether oxygens (including phenoxy) is 2. The topological polar surface area (TPSA) is 111 Å². The zero-order chi connectivity index (χ0) is 26.1. The van der Waals surface area contributed by atoms with Crippen molar-refractivity contribution in [3.63, 3.8) is 0 Å². The van der Waals surface area contributed by atoms with Gasteiger partial charge in [0.25, 0.3) is 5.91 Å². The van der Waals surface area contributed by atoms with Crippen LogP contribution in [0, 0.1) is 16.0 Å². The van der Waals surface area contributed by atoms with Gasteiger partial charge in [0, 0.05) is 25.2 Å². The molecule has 11 heteroatoms. The predicted molar refractivity (Wildman–Crippen MR) is 134 cm³/mol. The number of benzene rings is 2. The van der Waals surface area contributed by atoms with Gasteiger partial charge in [0.05, 0.1) is 22.1 Å². The molecule has 2 aromatic rings. The number of nitro benzene ring substituents is 1. The molecule has 9 nitrogen and oxygen atoms in total. The second kappa shape index (κ2) is 13.2. The van der Waals surface area contributed by atoms with Crippen LogP contribution in [0.2, 0.25) is 10.0 Å².